The molecule has 2 aliphatic rings. The molecule has 2 saturated heterocycles. The predicted molar refractivity (Wildman–Crippen MR) is 97.8 cm³/mol. The SMILES string of the molecule is O=C(C1CCCCN1C(=O)c1ccc2ccncc2c1)N1CCOCC1. The standard InChI is InChI=1S/C20H23N3O3/c24-19(16-5-4-15-6-7-21-14-17(15)13-16)23-8-2-1-3-18(23)20(25)22-9-11-26-12-10-22/h4-7,13-14,18H,1-3,8-12H2. The number of nitrogens with zero attached hydrogens (tertiary/aromatic N) is 3. The molecule has 0 saturated carbocycles. The van der Waals surface area contributed by atoms with Gasteiger partial charge < -0.3 is 14.5 Å². The summed E-state index contributed by atoms with van der Waals surface area (Å²) in [5.74, 6) is -0.00846. The van der Waals surface area contributed by atoms with E-state index in [1.165, 1.54) is 0 Å². The Morgan fingerprint density at radius 1 is 1.04 bits per heavy atom. The van der Waals surface area contributed by atoms with Gasteiger partial charge in [0.15, 0.2) is 0 Å². The zero-order valence-corrected chi connectivity index (χ0v) is 14.8. The molecular weight excluding hydrogens is 330 g/mol. The molecule has 0 spiro atoms. The number of morpholine rings is 1. The van der Waals surface area contributed by atoms with Crippen LogP contribution in [0.1, 0.15) is 29.6 Å². The summed E-state index contributed by atoms with van der Waals surface area (Å²) in [6, 6.07) is 7.21. The second-order valence-corrected chi connectivity index (χ2v) is 6.89. The van der Waals surface area contributed by atoms with Crippen LogP contribution in [0.5, 0.6) is 0 Å². The van der Waals surface area contributed by atoms with E-state index in [0.29, 0.717) is 38.4 Å². The highest BCUT2D eigenvalue weighted by Crippen LogP contribution is 2.23. The van der Waals surface area contributed by atoms with Crippen molar-refractivity contribution in [2.45, 2.75) is 25.3 Å². The van der Waals surface area contributed by atoms with Gasteiger partial charge in [-0.1, -0.05) is 6.07 Å². The molecule has 2 amide bonds. The van der Waals surface area contributed by atoms with Gasteiger partial charge in [0, 0.05) is 43.0 Å². The highest BCUT2D eigenvalue weighted by Gasteiger charge is 2.35. The van der Waals surface area contributed by atoms with Crippen LogP contribution >= 0.6 is 0 Å². The van der Waals surface area contributed by atoms with Gasteiger partial charge in [-0.3, -0.25) is 14.6 Å². The number of piperidine rings is 1. The summed E-state index contributed by atoms with van der Waals surface area (Å²) in [6.07, 6.45) is 6.15. The number of rotatable bonds is 2. The Labute approximate surface area is 152 Å². The summed E-state index contributed by atoms with van der Waals surface area (Å²) in [6.45, 7) is 3.00. The van der Waals surface area contributed by atoms with E-state index in [9.17, 15) is 9.59 Å². The van der Waals surface area contributed by atoms with Gasteiger partial charge in [-0.15, -0.1) is 0 Å². The van der Waals surface area contributed by atoms with Crippen molar-refractivity contribution < 1.29 is 14.3 Å². The van der Waals surface area contributed by atoms with Crippen LogP contribution in [0.15, 0.2) is 36.7 Å². The van der Waals surface area contributed by atoms with Crippen molar-refractivity contribution in [3.8, 4) is 0 Å². The first kappa shape index (κ1) is 17.0. The molecule has 4 rings (SSSR count). The Morgan fingerprint density at radius 2 is 1.88 bits per heavy atom. The van der Waals surface area contributed by atoms with Crippen molar-refractivity contribution in [3.63, 3.8) is 0 Å². The minimum atomic E-state index is -0.362. The summed E-state index contributed by atoms with van der Waals surface area (Å²) in [5, 5.41) is 1.99. The Bertz CT molecular complexity index is 817. The zero-order chi connectivity index (χ0) is 17.9. The molecule has 1 atom stereocenters. The van der Waals surface area contributed by atoms with E-state index in [1.54, 1.807) is 17.3 Å². The predicted octanol–water partition coefficient (Wildman–Crippen LogP) is 2.09. The molecule has 136 valence electrons. The number of likely N-dealkylation sites (tertiary alicyclic amines) is 1. The lowest BCUT2D eigenvalue weighted by atomic mass is 9.98. The molecule has 2 aliphatic heterocycles. The number of aromatic nitrogens is 1. The second kappa shape index (κ2) is 7.41. The molecule has 6 heteroatoms. The van der Waals surface area contributed by atoms with Gasteiger partial charge in [0.2, 0.25) is 5.91 Å². The monoisotopic (exact) mass is 353 g/mol. The average molecular weight is 353 g/mol. The molecule has 0 N–H and O–H groups in total. The molecule has 1 aromatic heterocycles. The van der Waals surface area contributed by atoms with Gasteiger partial charge in [-0.25, -0.2) is 0 Å². The lowest BCUT2D eigenvalue weighted by Gasteiger charge is -2.38. The molecule has 1 unspecified atom stereocenters. The molecular formula is C20H23N3O3. The Hall–Kier alpha value is -2.47. The van der Waals surface area contributed by atoms with Gasteiger partial charge in [0.05, 0.1) is 13.2 Å². The summed E-state index contributed by atoms with van der Waals surface area (Å²) < 4.78 is 5.34. The van der Waals surface area contributed by atoms with Crippen LogP contribution in [-0.4, -0.2) is 65.5 Å². The third-order valence-electron chi connectivity index (χ3n) is 5.26. The third kappa shape index (κ3) is 3.29. The first-order chi connectivity index (χ1) is 12.7. The Balaban J connectivity index is 1.58. The summed E-state index contributed by atoms with van der Waals surface area (Å²) >= 11 is 0. The van der Waals surface area contributed by atoms with E-state index >= 15 is 0 Å². The van der Waals surface area contributed by atoms with Crippen LogP contribution in [0.2, 0.25) is 0 Å². The lowest BCUT2D eigenvalue weighted by Crippen LogP contribution is -2.55. The van der Waals surface area contributed by atoms with E-state index in [0.717, 1.165) is 30.0 Å². The van der Waals surface area contributed by atoms with Gasteiger partial charge in [-0.05, 0) is 42.8 Å². The van der Waals surface area contributed by atoms with Crippen molar-refractivity contribution in [3.05, 3.63) is 42.2 Å². The van der Waals surface area contributed by atoms with E-state index in [-0.39, 0.29) is 17.9 Å². The summed E-state index contributed by atoms with van der Waals surface area (Å²) in [7, 11) is 0. The number of amides is 2. The molecule has 3 heterocycles. The van der Waals surface area contributed by atoms with Crippen LogP contribution in [0.3, 0.4) is 0 Å². The van der Waals surface area contributed by atoms with E-state index < -0.39 is 0 Å². The van der Waals surface area contributed by atoms with E-state index in [1.807, 2.05) is 29.2 Å². The maximum atomic E-state index is 13.2. The highest BCUT2D eigenvalue weighted by molar-refractivity contribution is 6.00. The average Bonchev–Trinajstić information content (AvgIpc) is 2.73. The fourth-order valence-electron chi connectivity index (χ4n) is 3.81. The molecule has 0 aliphatic carbocycles. The maximum Gasteiger partial charge on any atom is 0.254 e. The molecule has 0 bridgehead atoms. The normalized spacial score (nSPS) is 21.0. The van der Waals surface area contributed by atoms with Gasteiger partial charge in [0.25, 0.3) is 5.91 Å². The van der Waals surface area contributed by atoms with Crippen LogP contribution in [-0.2, 0) is 9.53 Å². The number of pyridine rings is 1. The molecule has 2 fully saturated rings. The van der Waals surface area contributed by atoms with E-state index in [2.05, 4.69) is 4.98 Å². The quantitative estimate of drug-likeness (QED) is 0.829. The maximum absolute atomic E-state index is 13.2. The Kier molecular flexibility index (Phi) is 4.84. The number of fused-ring (bicyclic) bond motifs is 1. The second-order valence-electron chi connectivity index (χ2n) is 6.89. The molecule has 26 heavy (non-hydrogen) atoms. The fraction of sp³-hybridized carbons (Fsp3) is 0.450. The van der Waals surface area contributed by atoms with E-state index in [4.69, 9.17) is 4.74 Å². The van der Waals surface area contributed by atoms with Crippen LogP contribution in [0.4, 0.5) is 0 Å². The zero-order valence-electron chi connectivity index (χ0n) is 14.8. The molecule has 1 aromatic carbocycles. The molecule has 0 radical (unpaired) electrons. The topological polar surface area (TPSA) is 62.7 Å². The fourth-order valence-corrected chi connectivity index (χ4v) is 3.81. The van der Waals surface area contributed by atoms with Crippen LogP contribution in [0.25, 0.3) is 10.8 Å². The molecule has 6 nitrogen and oxygen atoms in total. The summed E-state index contributed by atoms with van der Waals surface area (Å²) in [5.41, 5.74) is 0.618. The lowest BCUT2D eigenvalue weighted by molar-refractivity contribution is -0.141. The van der Waals surface area contributed by atoms with Gasteiger partial charge in [-0.2, -0.15) is 0 Å². The number of hydrogen-bond donors (Lipinski definition) is 0. The van der Waals surface area contributed by atoms with Crippen molar-refractivity contribution in [2.75, 3.05) is 32.8 Å². The van der Waals surface area contributed by atoms with Crippen molar-refractivity contribution >= 4 is 22.6 Å². The van der Waals surface area contributed by atoms with Crippen molar-refractivity contribution in [1.82, 2.24) is 14.8 Å². The number of hydrogen-bond acceptors (Lipinski definition) is 4. The minimum Gasteiger partial charge on any atom is -0.378 e. The largest absolute Gasteiger partial charge is 0.378 e. The van der Waals surface area contributed by atoms with Crippen molar-refractivity contribution in [2.24, 2.45) is 0 Å². The van der Waals surface area contributed by atoms with Crippen LogP contribution in [0, 0.1) is 0 Å². The Morgan fingerprint density at radius 3 is 2.73 bits per heavy atom. The van der Waals surface area contributed by atoms with Crippen LogP contribution < -0.4 is 0 Å². The smallest absolute Gasteiger partial charge is 0.254 e. The van der Waals surface area contributed by atoms with Gasteiger partial charge in [0.1, 0.15) is 6.04 Å². The first-order valence-corrected chi connectivity index (χ1v) is 9.25. The number of carbonyl (C=O) groups excluding carboxylic acids is 2. The van der Waals surface area contributed by atoms with Crippen molar-refractivity contribution in [1.29, 1.82) is 0 Å². The number of ether oxygens (including phenoxy) is 1. The molecule has 2 aromatic rings. The summed E-state index contributed by atoms with van der Waals surface area (Å²) in [4.78, 5) is 33.9. The minimum absolute atomic E-state index is 0.0591. The third-order valence-corrected chi connectivity index (χ3v) is 5.26. The highest BCUT2D eigenvalue weighted by atomic mass is 16.5. The van der Waals surface area contributed by atoms with Gasteiger partial charge >= 0.3 is 0 Å². The first-order valence-electron chi connectivity index (χ1n) is 9.25. The number of carbonyl (C=O) groups is 2. The number of benzene rings is 1.